The Kier molecular flexibility index (Phi) is 3.83. The second kappa shape index (κ2) is 5.45. The van der Waals surface area contributed by atoms with Gasteiger partial charge in [-0.15, -0.1) is 0 Å². The summed E-state index contributed by atoms with van der Waals surface area (Å²) in [4.78, 5) is 25.1. The molecule has 1 fully saturated rings. The van der Waals surface area contributed by atoms with Gasteiger partial charge in [-0.2, -0.15) is 0 Å². The van der Waals surface area contributed by atoms with E-state index in [4.69, 9.17) is 0 Å². The Morgan fingerprint density at radius 3 is 2.70 bits per heavy atom. The smallest absolute Gasteiger partial charge is 0.261 e. The minimum atomic E-state index is -1.73. The highest BCUT2D eigenvalue weighted by Gasteiger charge is 2.55. The molecule has 0 aromatic heterocycles. The predicted molar refractivity (Wildman–Crippen MR) is 88.9 cm³/mol. The fourth-order valence-corrected chi connectivity index (χ4v) is 4.04. The molecule has 4 nitrogen and oxygen atoms in total. The van der Waals surface area contributed by atoms with Crippen LogP contribution in [0.2, 0.25) is 0 Å². The average Bonchev–Trinajstić information content (AvgIpc) is 2.80. The van der Waals surface area contributed by atoms with Crippen molar-refractivity contribution >= 4 is 17.4 Å². The van der Waals surface area contributed by atoms with Crippen LogP contribution in [0.15, 0.2) is 24.3 Å². The fraction of sp³-hybridized carbons (Fsp3) is 0.579. The second-order valence-corrected chi connectivity index (χ2v) is 7.60. The van der Waals surface area contributed by atoms with Crippen molar-refractivity contribution in [3.8, 4) is 0 Å². The molecule has 1 heterocycles. The van der Waals surface area contributed by atoms with Crippen LogP contribution in [-0.2, 0) is 15.2 Å². The number of hydrogen-bond acceptors (Lipinski definition) is 3. The molecule has 0 bridgehead atoms. The lowest BCUT2D eigenvalue weighted by molar-refractivity contribution is -0.153. The number of para-hydroxylation sites is 1. The van der Waals surface area contributed by atoms with E-state index in [2.05, 4.69) is 26.1 Å². The first-order chi connectivity index (χ1) is 10.8. The molecule has 1 aromatic rings. The molecule has 3 atom stereocenters. The van der Waals surface area contributed by atoms with Crippen molar-refractivity contribution in [2.45, 2.75) is 52.1 Å². The summed E-state index contributed by atoms with van der Waals surface area (Å²) in [6.07, 6.45) is 2.86. The van der Waals surface area contributed by atoms with E-state index in [0.29, 0.717) is 30.0 Å². The molecule has 1 aliphatic carbocycles. The first kappa shape index (κ1) is 16.2. The lowest BCUT2D eigenvalue weighted by atomic mass is 9.62. The number of rotatable bonds is 3. The molecular weight excluding hydrogens is 290 g/mol. The molecule has 1 amide bonds. The fourth-order valence-electron chi connectivity index (χ4n) is 4.04. The van der Waals surface area contributed by atoms with Crippen LogP contribution in [0.25, 0.3) is 0 Å². The van der Waals surface area contributed by atoms with Crippen molar-refractivity contribution in [1.29, 1.82) is 0 Å². The molecule has 0 unspecified atom stereocenters. The van der Waals surface area contributed by atoms with Crippen molar-refractivity contribution in [3.05, 3.63) is 29.8 Å². The van der Waals surface area contributed by atoms with Crippen molar-refractivity contribution in [3.63, 3.8) is 0 Å². The molecule has 4 heteroatoms. The van der Waals surface area contributed by atoms with Gasteiger partial charge in [-0.25, -0.2) is 0 Å². The van der Waals surface area contributed by atoms with Crippen LogP contribution in [-0.4, -0.2) is 16.8 Å². The van der Waals surface area contributed by atoms with Crippen LogP contribution >= 0.6 is 0 Å². The summed E-state index contributed by atoms with van der Waals surface area (Å²) in [7, 11) is 0. The van der Waals surface area contributed by atoms with Crippen molar-refractivity contribution < 1.29 is 14.7 Å². The summed E-state index contributed by atoms with van der Waals surface area (Å²) in [5, 5.41) is 14.0. The van der Waals surface area contributed by atoms with Crippen LogP contribution in [0, 0.1) is 17.3 Å². The zero-order valence-electron chi connectivity index (χ0n) is 14.1. The number of amides is 1. The lowest BCUT2D eigenvalue weighted by Crippen LogP contribution is -2.49. The predicted octanol–water partition coefficient (Wildman–Crippen LogP) is 3.25. The van der Waals surface area contributed by atoms with Gasteiger partial charge in [0, 0.05) is 17.7 Å². The monoisotopic (exact) mass is 315 g/mol. The highest BCUT2D eigenvalue weighted by molar-refractivity contribution is 6.08. The van der Waals surface area contributed by atoms with Crippen LogP contribution in [0.1, 0.15) is 52.0 Å². The van der Waals surface area contributed by atoms with Crippen molar-refractivity contribution in [2.75, 3.05) is 5.32 Å². The molecule has 1 aliphatic heterocycles. The Hall–Kier alpha value is -1.68. The lowest BCUT2D eigenvalue weighted by Gasteiger charge is -2.42. The quantitative estimate of drug-likeness (QED) is 0.900. The summed E-state index contributed by atoms with van der Waals surface area (Å²) in [5.41, 5.74) is -0.469. The van der Waals surface area contributed by atoms with Gasteiger partial charge in [-0.05, 0) is 30.2 Å². The highest BCUT2D eigenvalue weighted by atomic mass is 16.3. The van der Waals surface area contributed by atoms with E-state index in [9.17, 15) is 14.7 Å². The third-order valence-corrected chi connectivity index (χ3v) is 6.10. The van der Waals surface area contributed by atoms with Crippen LogP contribution in [0.4, 0.5) is 5.69 Å². The maximum Gasteiger partial charge on any atom is 0.261 e. The number of carbonyl (C=O) groups is 2. The summed E-state index contributed by atoms with van der Waals surface area (Å²) >= 11 is 0. The van der Waals surface area contributed by atoms with Gasteiger partial charge in [0.1, 0.15) is 5.78 Å². The zero-order chi connectivity index (χ0) is 16.8. The third-order valence-electron chi connectivity index (χ3n) is 6.10. The topological polar surface area (TPSA) is 66.4 Å². The van der Waals surface area contributed by atoms with Gasteiger partial charge >= 0.3 is 0 Å². The highest BCUT2D eigenvalue weighted by Crippen LogP contribution is 2.49. The maximum absolute atomic E-state index is 12.6. The van der Waals surface area contributed by atoms with E-state index in [1.165, 1.54) is 0 Å². The van der Waals surface area contributed by atoms with Gasteiger partial charge in [0.05, 0.1) is 5.92 Å². The number of hydrogen-bond donors (Lipinski definition) is 2. The maximum atomic E-state index is 12.6. The second-order valence-electron chi connectivity index (χ2n) is 7.60. The zero-order valence-corrected chi connectivity index (χ0v) is 14.1. The Bertz CT molecular complexity index is 652. The number of carbonyl (C=O) groups excluding carboxylic acids is 2. The van der Waals surface area contributed by atoms with Gasteiger partial charge in [-0.1, -0.05) is 45.4 Å². The Balaban J connectivity index is 1.99. The number of anilines is 1. The molecule has 2 N–H and O–H groups in total. The summed E-state index contributed by atoms with van der Waals surface area (Å²) in [5.74, 6) is -0.787. The molecule has 3 rings (SSSR count). The molecular formula is C19H25NO3. The summed E-state index contributed by atoms with van der Waals surface area (Å²) < 4.78 is 0. The molecule has 23 heavy (non-hydrogen) atoms. The van der Waals surface area contributed by atoms with E-state index in [1.807, 2.05) is 6.07 Å². The largest absolute Gasteiger partial charge is 0.375 e. The molecule has 124 valence electrons. The Labute approximate surface area is 137 Å². The van der Waals surface area contributed by atoms with E-state index >= 15 is 0 Å². The number of ketones is 1. The Morgan fingerprint density at radius 1 is 1.30 bits per heavy atom. The molecule has 0 radical (unpaired) electrons. The minimum Gasteiger partial charge on any atom is -0.375 e. The van der Waals surface area contributed by atoms with Crippen LogP contribution in [0.5, 0.6) is 0 Å². The van der Waals surface area contributed by atoms with Gasteiger partial charge in [0.25, 0.3) is 5.91 Å². The number of fused-ring (bicyclic) bond motifs is 1. The minimum absolute atomic E-state index is 0.00232. The van der Waals surface area contributed by atoms with Crippen LogP contribution < -0.4 is 5.32 Å². The van der Waals surface area contributed by atoms with Crippen LogP contribution in [0.3, 0.4) is 0 Å². The van der Waals surface area contributed by atoms with E-state index in [1.54, 1.807) is 18.2 Å². The van der Waals surface area contributed by atoms with Gasteiger partial charge in [0.2, 0.25) is 0 Å². The Morgan fingerprint density at radius 2 is 2.00 bits per heavy atom. The van der Waals surface area contributed by atoms with E-state index < -0.39 is 17.4 Å². The summed E-state index contributed by atoms with van der Waals surface area (Å²) in [6, 6.07) is 7.13. The molecule has 0 saturated heterocycles. The van der Waals surface area contributed by atoms with E-state index in [-0.39, 0.29) is 11.2 Å². The third kappa shape index (κ3) is 2.40. The van der Waals surface area contributed by atoms with E-state index in [0.717, 1.165) is 12.8 Å². The standard InChI is InChI=1S/C19H25NO3/c1-4-18(2,3)12-9-10-16(21)14(11-12)19(23)13-7-5-6-8-15(13)20-17(19)22/h5-8,12,14,23H,4,9-11H2,1-3H3,(H,20,22)/t12-,14+,19+/m0/s1. The van der Waals surface area contributed by atoms with Gasteiger partial charge in [-0.3, -0.25) is 9.59 Å². The van der Waals surface area contributed by atoms with Crippen molar-refractivity contribution in [1.82, 2.24) is 0 Å². The molecule has 2 aliphatic rings. The SMILES string of the molecule is CCC(C)(C)[C@H]1CCC(=O)[C@H]([C@@]2(O)C(=O)Nc3ccccc32)C1. The van der Waals surface area contributed by atoms with Gasteiger partial charge in [0.15, 0.2) is 5.60 Å². The molecule has 1 aromatic carbocycles. The van der Waals surface area contributed by atoms with Crippen molar-refractivity contribution in [2.24, 2.45) is 17.3 Å². The number of aliphatic hydroxyl groups is 1. The summed E-state index contributed by atoms with van der Waals surface area (Å²) in [6.45, 7) is 6.56. The molecule has 0 spiro atoms. The molecule has 1 saturated carbocycles. The normalized spacial score (nSPS) is 31.0. The number of Topliss-reactive ketones (excluding diaryl/α,β-unsaturated/α-hetero) is 1. The number of nitrogens with one attached hydrogen (secondary N) is 1. The van der Waals surface area contributed by atoms with Gasteiger partial charge < -0.3 is 10.4 Å². The number of benzene rings is 1. The average molecular weight is 315 g/mol. The first-order valence-electron chi connectivity index (χ1n) is 8.46. The first-order valence-corrected chi connectivity index (χ1v) is 8.46.